The Kier molecular flexibility index (Phi) is 7.02. The second-order valence-electron chi connectivity index (χ2n) is 4.91. The van der Waals surface area contributed by atoms with E-state index in [4.69, 9.17) is 16.7 Å². The number of rotatable bonds is 7. The maximum atomic E-state index is 12.2. The van der Waals surface area contributed by atoms with Crippen LogP contribution in [0.3, 0.4) is 0 Å². The quantitative estimate of drug-likeness (QED) is 0.812. The van der Waals surface area contributed by atoms with Gasteiger partial charge in [-0.1, -0.05) is 37.1 Å². The van der Waals surface area contributed by atoms with Gasteiger partial charge in [0.2, 0.25) is 0 Å². The van der Waals surface area contributed by atoms with Crippen LogP contribution in [-0.2, 0) is 11.3 Å². The number of nitrogens with zero attached hydrogens (tertiary/aromatic N) is 1. The number of carboxylic acids is 1. The molecule has 0 aliphatic carbocycles. The molecule has 0 bridgehead atoms. The highest BCUT2D eigenvalue weighted by molar-refractivity contribution is 6.30. The van der Waals surface area contributed by atoms with Crippen LogP contribution in [-0.4, -0.2) is 34.6 Å². The first-order chi connectivity index (χ1) is 9.93. The molecule has 1 rings (SSSR count). The Hall–Kier alpha value is -1.75. The largest absolute Gasteiger partial charge is 0.480 e. The predicted octanol–water partition coefficient (Wildman–Crippen LogP) is 3.12. The maximum absolute atomic E-state index is 12.2. The summed E-state index contributed by atoms with van der Waals surface area (Å²) in [6.07, 6.45) is 1.81. The van der Waals surface area contributed by atoms with Gasteiger partial charge in [-0.2, -0.15) is 0 Å². The number of aliphatic carboxylic acids is 1. The van der Waals surface area contributed by atoms with E-state index in [1.807, 2.05) is 19.1 Å². The molecule has 0 unspecified atom stereocenters. The van der Waals surface area contributed by atoms with Gasteiger partial charge in [0.15, 0.2) is 0 Å². The van der Waals surface area contributed by atoms with Crippen molar-refractivity contribution in [1.82, 2.24) is 10.2 Å². The van der Waals surface area contributed by atoms with Crippen LogP contribution < -0.4 is 5.32 Å². The van der Waals surface area contributed by atoms with Gasteiger partial charge in [-0.05, 0) is 31.0 Å². The van der Waals surface area contributed by atoms with Crippen molar-refractivity contribution in [3.8, 4) is 0 Å². The summed E-state index contributed by atoms with van der Waals surface area (Å²) in [6.45, 7) is 4.45. The van der Waals surface area contributed by atoms with Gasteiger partial charge in [-0.3, -0.25) is 4.79 Å². The lowest BCUT2D eigenvalue weighted by Crippen LogP contribution is -2.46. The van der Waals surface area contributed by atoms with E-state index >= 15 is 0 Å². The molecule has 0 aliphatic rings. The normalized spacial score (nSPS) is 11.8. The Morgan fingerprint density at radius 2 is 2.14 bits per heavy atom. The molecule has 0 spiro atoms. The summed E-state index contributed by atoms with van der Waals surface area (Å²) in [5.74, 6) is -1.05. The third-order valence-electron chi connectivity index (χ3n) is 3.04. The van der Waals surface area contributed by atoms with Gasteiger partial charge in [0.25, 0.3) is 0 Å². The molecule has 5 nitrogen and oxygen atoms in total. The Labute approximate surface area is 129 Å². The van der Waals surface area contributed by atoms with Crippen molar-refractivity contribution in [2.24, 2.45) is 0 Å². The van der Waals surface area contributed by atoms with E-state index in [9.17, 15) is 9.59 Å². The van der Waals surface area contributed by atoms with Gasteiger partial charge in [0, 0.05) is 18.1 Å². The molecule has 0 radical (unpaired) electrons. The number of urea groups is 1. The van der Waals surface area contributed by atoms with E-state index in [0.717, 1.165) is 18.4 Å². The summed E-state index contributed by atoms with van der Waals surface area (Å²) in [5, 5.41) is 12.0. The Balaban J connectivity index is 2.74. The summed E-state index contributed by atoms with van der Waals surface area (Å²) in [7, 11) is 0. The van der Waals surface area contributed by atoms with Crippen molar-refractivity contribution < 1.29 is 14.7 Å². The molecule has 116 valence electrons. The molecule has 0 aliphatic heterocycles. The summed E-state index contributed by atoms with van der Waals surface area (Å²) in [4.78, 5) is 24.6. The van der Waals surface area contributed by atoms with Crippen LogP contribution in [0.25, 0.3) is 0 Å². The number of carboxylic acid groups (broad SMARTS) is 1. The monoisotopic (exact) mass is 312 g/mol. The van der Waals surface area contributed by atoms with E-state index in [-0.39, 0.29) is 6.03 Å². The number of benzene rings is 1. The molecule has 0 saturated carbocycles. The zero-order chi connectivity index (χ0) is 15.8. The highest BCUT2D eigenvalue weighted by atomic mass is 35.5. The smallest absolute Gasteiger partial charge is 0.325 e. The maximum Gasteiger partial charge on any atom is 0.325 e. The molecule has 0 aromatic heterocycles. The lowest BCUT2D eigenvalue weighted by molar-refractivity contribution is -0.138. The second-order valence-corrected chi connectivity index (χ2v) is 5.35. The Bertz CT molecular complexity index is 494. The number of amides is 2. The Morgan fingerprint density at radius 3 is 2.71 bits per heavy atom. The fraction of sp³-hybridized carbons (Fsp3) is 0.467. The lowest BCUT2D eigenvalue weighted by Gasteiger charge is -2.24. The fourth-order valence-electron chi connectivity index (χ4n) is 1.80. The molecule has 21 heavy (non-hydrogen) atoms. The summed E-state index contributed by atoms with van der Waals surface area (Å²) in [6, 6.07) is 5.99. The Morgan fingerprint density at radius 1 is 1.43 bits per heavy atom. The number of unbranched alkanes of at least 4 members (excludes halogenated alkanes) is 1. The van der Waals surface area contributed by atoms with Crippen LogP contribution in [0.15, 0.2) is 24.3 Å². The minimum atomic E-state index is -1.05. The molecule has 0 saturated heterocycles. The molecule has 2 amide bonds. The average Bonchev–Trinajstić information content (AvgIpc) is 2.43. The van der Waals surface area contributed by atoms with E-state index in [1.54, 1.807) is 17.0 Å². The molecule has 1 atom stereocenters. The minimum Gasteiger partial charge on any atom is -0.480 e. The highest BCUT2D eigenvalue weighted by Gasteiger charge is 2.19. The van der Waals surface area contributed by atoms with Crippen molar-refractivity contribution in [3.63, 3.8) is 0 Å². The number of hydrogen-bond donors (Lipinski definition) is 2. The lowest BCUT2D eigenvalue weighted by atomic mass is 10.2. The molecule has 2 N–H and O–H groups in total. The van der Waals surface area contributed by atoms with E-state index in [0.29, 0.717) is 18.1 Å². The number of halogens is 1. The van der Waals surface area contributed by atoms with Crippen LogP contribution in [0, 0.1) is 0 Å². The minimum absolute atomic E-state index is 0.377. The summed E-state index contributed by atoms with van der Waals surface area (Å²) >= 11 is 5.94. The van der Waals surface area contributed by atoms with Gasteiger partial charge in [0.05, 0.1) is 0 Å². The van der Waals surface area contributed by atoms with Crippen LogP contribution >= 0.6 is 11.6 Å². The number of carbonyl (C=O) groups excluding carboxylic acids is 1. The van der Waals surface area contributed by atoms with Crippen LogP contribution in [0.1, 0.15) is 32.3 Å². The van der Waals surface area contributed by atoms with E-state index in [2.05, 4.69) is 5.32 Å². The zero-order valence-electron chi connectivity index (χ0n) is 12.3. The fourth-order valence-corrected chi connectivity index (χ4v) is 2.01. The van der Waals surface area contributed by atoms with Gasteiger partial charge < -0.3 is 15.3 Å². The third kappa shape index (κ3) is 6.04. The molecular weight excluding hydrogens is 292 g/mol. The van der Waals surface area contributed by atoms with Crippen LogP contribution in [0.5, 0.6) is 0 Å². The first kappa shape index (κ1) is 17.3. The van der Waals surface area contributed by atoms with E-state index < -0.39 is 12.0 Å². The van der Waals surface area contributed by atoms with Crippen molar-refractivity contribution in [2.45, 2.75) is 39.3 Å². The van der Waals surface area contributed by atoms with Gasteiger partial charge in [-0.15, -0.1) is 0 Å². The zero-order valence-corrected chi connectivity index (χ0v) is 13.1. The number of carbonyl (C=O) groups is 2. The number of hydrogen-bond acceptors (Lipinski definition) is 2. The summed E-state index contributed by atoms with van der Waals surface area (Å²) in [5.41, 5.74) is 0.914. The van der Waals surface area contributed by atoms with Crippen molar-refractivity contribution in [2.75, 3.05) is 6.54 Å². The third-order valence-corrected chi connectivity index (χ3v) is 3.28. The summed E-state index contributed by atoms with van der Waals surface area (Å²) < 4.78 is 0. The van der Waals surface area contributed by atoms with Crippen molar-refractivity contribution in [3.05, 3.63) is 34.9 Å². The molecule has 0 fully saturated rings. The molecule has 6 heteroatoms. The number of nitrogens with one attached hydrogen (secondary N) is 1. The van der Waals surface area contributed by atoms with Crippen LogP contribution in [0.2, 0.25) is 5.02 Å². The molecule has 0 heterocycles. The predicted molar refractivity (Wildman–Crippen MR) is 82.4 cm³/mol. The first-order valence-corrected chi connectivity index (χ1v) is 7.34. The van der Waals surface area contributed by atoms with Crippen molar-refractivity contribution >= 4 is 23.6 Å². The SMILES string of the molecule is CCCCN(Cc1cccc(Cl)c1)C(=O)N[C@@H](C)C(=O)O. The second kappa shape index (κ2) is 8.52. The van der Waals surface area contributed by atoms with E-state index in [1.165, 1.54) is 6.92 Å². The van der Waals surface area contributed by atoms with Gasteiger partial charge >= 0.3 is 12.0 Å². The first-order valence-electron chi connectivity index (χ1n) is 6.96. The highest BCUT2D eigenvalue weighted by Crippen LogP contribution is 2.13. The van der Waals surface area contributed by atoms with Gasteiger partial charge in [0.1, 0.15) is 6.04 Å². The van der Waals surface area contributed by atoms with Crippen LogP contribution in [0.4, 0.5) is 4.79 Å². The topological polar surface area (TPSA) is 69.6 Å². The van der Waals surface area contributed by atoms with Gasteiger partial charge in [-0.25, -0.2) is 4.79 Å². The molecular formula is C15H21ClN2O3. The molecule has 1 aromatic rings. The van der Waals surface area contributed by atoms with Crippen molar-refractivity contribution in [1.29, 1.82) is 0 Å². The average molecular weight is 313 g/mol. The standard InChI is InChI=1S/C15H21ClN2O3/c1-3-4-8-18(15(21)17-11(2)14(19)20)10-12-6-5-7-13(16)9-12/h5-7,9,11H,3-4,8,10H2,1-2H3,(H,17,21)(H,19,20)/t11-/m0/s1. The molecule has 1 aromatic carbocycles.